The van der Waals surface area contributed by atoms with Gasteiger partial charge in [-0.2, -0.15) is 4.99 Å². The highest BCUT2D eigenvalue weighted by Crippen LogP contribution is 2.29. The summed E-state index contributed by atoms with van der Waals surface area (Å²) in [6.07, 6.45) is 2.20. The molecule has 4 amide bonds. The summed E-state index contributed by atoms with van der Waals surface area (Å²) in [7, 11) is 3.10. The van der Waals surface area contributed by atoms with Crippen molar-refractivity contribution >= 4 is 51.9 Å². The molecule has 0 aromatic heterocycles. The summed E-state index contributed by atoms with van der Waals surface area (Å²) in [5, 5.41) is 5.70. The van der Waals surface area contributed by atoms with Gasteiger partial charge in [-0.05, 0) is 61.4 Å². The third-order valence-corrected chi connectivity index (χ3v) is 7.21. The van der Waals surface area contributed by atoms with Gasteiger partial charge in [0.15, 0.2) is 5.17 Å². The van der Waals surface area contributed by atoms with E-state index in [9.17, 15) is 19.2 Å². The van der Waals surface area contributed by atoms with Crippen molar-refractivity contribution in [2.75, 3.05) is 44.4 Å². The molecule has 2 aromatic rings. The van der Waals surface area contributed by atoms with Crippen molar-refractivity contribution in [1.29, 1.82) is 0 Å². The molecule has 2 heterocycles. The molecule has 0 aliphatic carbocycles. The maximum atomic E-state index is 12.7. The van der Waals surface area contributed by atoms with Gasteiger partial charge in [-0.25, -0.2) is 0 Å². The Bertz CT molecular complexity index is 1190. The third-order valence-electron chi connectivity index (χ3n) is 5.99. The number of aliphatic imine (C=N–C) groups is 1. The minimum Gasteiger partial charge on any atom is -0.497 e. The van der Waals surface area contributed by atoms with Crippen LogP contribution < -0.4 is 15.4 Å². The van der Waals surface area contributed by atoms with Crippen LogP contribution >= 0.6 is 11.8 Å². The Morgan fingerprint density at radius 3 is 2.22 bits per heavy atom. The molecule has 0 radical (unpaired) electrons. The van der Waals surface area contributed by atoms with Crippen molar-refractivity contribution in [2.45, 2.75) is 24.5 Å². The lowest BCUT2D eigenvalue weighted by Crippen LogP contribution is -2.34. The standard InChI is InChI=1S/C26H29N5O5S/c1-30(16-23(33)28-19-9-11-20(36-2)12-10-19)25(35)17-5-7-18(8-6-17)27-22(32)15-21-24(34)29-26(37-21)31-13-3-4-14-31/h5-12,21H,3-4,13-16H2,1-2H3,(H,27,32)(H,28,33). The normalized spacial score (nSPS) is 16.8. The first kappa shape index (κ1) is 26.2. The van der Waals surface area contributed by atoms with Crippen LogP contribution in [0.5, 0.6) is 5.75 Å². The first-order valence-electron chi connectivity index (χ1n) is 12.0. The summed E-state index contributed by atoms with van der Waals surface area (Å²) in [4.78, 5) is 57.3. The van der Waals surface area contributed by atoms with Crippen molar-refractivity contribution in [1.82, 2.24) is 9.80 Å². The maximum Gasteiger partial charge on any atom is 0.262 e. The molecule has 11 heteroatoms. The zero-order chi connectivity index (χ0) is 26.4. The van der Waals surface area contributed by atoms with E-state index >= 15 is 0 Å². The lowest BCUT2D eigenvalue weighted by Gasteiger charge is -2.17. The number of hydrogen-bond acceptors (Lipinski definition) is 7. The van der Waals surface area contributed by atoms with Crippen molar-refractivity contribution in [2.24, 2.45) is 4.99 Å². The minimum absolute atomic E-state index is 0.0249. The van der Waals surface area contributed by atoms with Crippen molar-refractivity contribution in [3.63, 3.8) is 0 Å². The van der Waals surface area contributed by atoms with Gasteiger partial charge in [0.2, 0.25) is 11.8 Å². The van der Waals surface area contributed by atoms with Crippen LogP contribution in [0.3, 0.4) is 0 Å². The van der Waals surface area contributed by atoms with Gasteiger partial charge in [-0.1, -0.05) is 11.8 Å². The fourth-order valence-electron chi connectivity index (χ4n) is 4.01. The molecule has 1 atom stereocenters. The number of thioether (sulfide) groups is 1. The maximum absolute atomic E-state index is 12.7. The number of carbonyl (C=O) groups excluding carboxylic acids is 4. The number of nitrogens with one attached hydrogen (secondary N) is 2. The van der Waals surface area contributed by atoms with E-state index in [2.05, 4.69) is 20.5 Å². The molecule has 194 valence electrons. The van der Waals surface area contributed by atoms with Gasteiger partial charge in [0.05, 0.1) is 13.7 Å². The molecule has 2 aliphatic heterocycles. The summed E-state index contributed by atoms with van der Waals surface area (Å²) < 4.78 is 5.09. The fourth-order valence-corrected chi connectivity index (χ4v) is 5.13. The molecule has 4 rings (SSSR count). The number of amides is 4. The molecule has 0 bridgehead atoms. The molecule has 2 aliphatic rings. The van der Waals surface area contributed by atoms with E-state index < -0.39 is 5.25 Å². The number of hydrogen-bond donors (Lipinski definition) is 2. The Morgan fingerprint density at radius 2 is 1.59 bits per heavy atom. The highest BCUT2D eigenvalue weighted by molar-refractivity contribution is 8.15. The Morgan fingerprint density at radius 1 is 1.00 bits per heavy atom. The second-order valence-corrected chi connectivity index (χ2v) is 9.97. The predicted octanol–water partition coefficient (Wildman–Crippen LogP) is 2.83. The van der Waals surface area contributed by atoms with E-state index in [1.807, 2.05) is 0 Å². The molecule has 1 unspecified atom stereocenters. The number of carbonyl (C=O) groups is 4. The van der Waals surface area contributed by atoms with E-state index in [4.69, 9.17) is 4.74 Å². The number of ether oxygens (including phenoxy) is 1. The zero-order valence-corrected chi connectivity index (χ0v) is 21.5. The number of benzene rings is 2. The van der Waals surface area contributed by atoms with Crippen LogP contribution in [0.25, 0.3) is 0 Å². The number of amidine groups is 1. The first-order valence-corrected chi connectivity index (χ1v) is 12.8. The average Bonchev–Trinajstić information content (AvgIpc) is 3.55. The smallest absolute Gasteiger partial charge is 0.262 e. The number of rotatable bonds is 8. The molecule has 1 saturated heterocycles. The molecule has 2 aromatic carbocycles. The van der Waals surface area contributed by atoms with E-state index in [0.29, 0.717) is 27.9 Å². The first-order chi connectivity index (χ1) is 17.8. The highest BCUT2D eigenvalue weighted by Gasteiger charge is 2.33. The molecule has 0 spiro atoms. The van der Waals surface area contributed by atoms with E-state index in [1.165, 1.54) is 16.7 Å². The van der Waals surface area contributed by atoms with Gasteiger partial charge in [0.1, 0.15) is 11.0 Å². The molecular formula is C26H29N5O5S. The van der Waals surface area contributed by atoms with Crippen molar-refractivity contribution in [3.05, 3.63) is 54.1 Å². The fraction of sp³-hybridized carbons (Fsp3) is 0.346. The van der Waals surface area contributed by atoms with Gasteiger partial charge in [0, 0.05) is 43.5 Å². The van der Waals surface area contributed by atoms with E-state index in [0.717, 1.165) is 25.9 Å². The number of methoxy groups -OCH3 is 1. The van der Waals surface area contributed by atoms with Crippen molar-refractivity contribution in [3.8, 4) is 5.75 Å². The highest BCUT2D eigenvalue weighted by atomic mass is 32.2. The molecular weight excluding hydrogens is 494 g/mol. The second kappa shape index (κ2) is 11.9. The van der Waals surface area contributed by atoms with Gasteiger partial charge in [-0.3, -0.25) is 19.2 Å². The summed E-state index contributed by atoms with van der Waals surface area (Å²) in [6, 6.07) is 13.3. The zero-order valence-electron chi connectivity index (χ0n) is 20.7. The van der Waals surface area contributed by atoms with Gasteiger partial charge < -0.3 is 25.2 Å². The molecule has 1 fully saturated rings. The minimum atomic E-state index is -0.519. The number of anilines is 2. The van der Waals surface area contributed by atoms with Crippen LogP contribution in [0.4, 0.5) is 11.4 Å². The Labute approximate surface area is 219 Å². The van der Waals surface area contributed by atoms with Gasteiger partial charge in [-0.15, -0.1) is 0 Å². The topological polar surface area (TPSA) is 120 Å². The van der Waals surface area contributed by atoms with Gasteiger partial charge >= 0.3 is 0 Å². The number of likely N-dealkylation sites (tertiary alicyclic amines) is 1. The summed E-state index contributed by atoms with van der Waals surface area (Å²) in [6.45, 7) is 1.66. The molecule has 0 saturated carbocycles. The molecule has 37 heavy (non-hydrogen) atoms. The second-order valence-electron chi connectivity index (χ2n) is 8.80. The Hall–Kier alpha value is -3.86. The lowest BCUT2D eigenvalue weighted by atomic mass is 10.1. The van der Waals surface area contributed by atoms with E-state index in [-0.39, 0.29) is 36.6 Å². The molecule has 10 nitrogen and oxygen atoms in total. The summed E-state index contributed by atoms with van der Waals surface area (Å²) >= 11 is 1.35. The van der Waals surface area contributed by atoms with Crippen LogP contribution in [0.2, 0.25) is 0 Å². The van der Waals surface area contributed by atoms with Crippen LogP contribution in [0, 0.1) is 0 Å². The lowest BCUT2D eigenvalue weighted by molar-refractivity contribution is -0.121. The quantitative estimate of drug-likeness (QED) is 0.546. The predicted molar refractivity (Wildman–Crippen MR) is 143 cm³/mol. The SMILES string of the molecule is COc1ccc(NC(=O)CN(C)C(=O)c2ccc(NC(=O)CC3SC(N4CCCC4)=NC3=O)cc2)cc1. The van der Waals surface area contributed by atoms with E-state index in [1.54, 1.807) is 62.7 Å². The van der Waals surface area contributed by atoms with Crippen LogP contribution in [-0.4, -0.2) is 77.6 Å². The number of likely N-dealkylation sites (N-methyl/N-ethyl adjacent to an activating group) is 1. The Balaban J connectivity index is 1.24. The molecule has 2 N–H and O–H groups in total. The van der Waals surface area contributed by atoms with Crippen LogP contribution in [0.15, 0.2) is 53.5 Å². The van der Waals surface area contributed by atoms with Crippen molar-refractivity contribution < 1.29 is 23.9 Å². The average molecular weight is 524 g/mol. The number of nitrogens with zero attached hydrogens (tertiary/aromatic N) is 3. The van der Waals surface area contributed by atoms with Crippen LogP contribution in [0.1, 0.15) is 29.6 Å². The third kappa shape index (κ3) is 6.88. The summed E-state index contributed by atoms with van der Waals surface area (Å²) in [5.41, 5.74) is 1.49. The largest absolute Gasteiger partial charge is 0.497 e. The summed E-state index contributed by atoms with van der Waals surface area (Å²) in [5.74, 6) is -0.558. The van der Waals surface area contributed by atoms with Gasteiger partial charge in [0.25, 0.3) is 11.8 Å². The monoisotopic (exact) mass is 523 g/mol. The van der Waals surface area contributed by atoms with Crippen LogP contribution in [-0.2, 0) is 14.4 Å². The Kier molecular flexibility index (Phi) is 8.44.